The standard InChI is InChI=1S/C13H15N3O2/c1-3-14-12(17)8-16-11-7-5-4-6-10(11)15-9(2)13(16)18/h4-7H,3,8H2,1-2H3,(H,14,17). The minimum Gasteiger partial charge on any atom is -0.355 e. The molecule has 1 aromatic carbocycles. The molecule has 0 atom stereocenters. The average Bonchev–Trinajstić information content (AvgIpc) is 2.35. The van der Waals surface area contributed by atoms with Crippen molar-refractivity contribution in [3.05, 3.63) is 40.3 Å². The van der Waals surface area contributed by atoms with E-state index in [4.69, 9.17) is 0 Å². The van der Waals surface area contributed by atoms with Gasteiger partial charge in [0, 0.05) is 6.54 Å². The Kier molecular flexibility index (Phi) is 3.41. The molecule has 0 unspecified atom stereocenters. The van der Waals surface area contributed by atoms with Crippen LogP contribution in [0, 0.1) is 6.92 Å². The molecule has 0 aliphatic rings. The predicted octanol–water partition coefficient (Wildman–Crippen LogP) is 0.841. The van der Waals surface area contributed by atoms with E-state index in [1.807, 2.05) is 25.1 Å². The number of hydrogen-bond acceptors (Lipinski definition) is 3. The molecule has 18 heavy (non-hydrogen) atoms. The van der Waals surface area contributed by atoms with Gasteiger partial charge in [0.2, 0.25) is 5.91 Å². The molecule has 0 saturated carbocycles. The highest BCUT2D eigenvalue weighted by Gasteiger charge is 2.10. The summed E-state index contributed by atoms with van der Waals surface area (Å²) in [4.78, 5) is 27.9. The van der Waals surface area contributed by atoms with Crippen molar-refractivity contribution in [2.45, 2.75) is 20.4 Å². The monoisotopic (exact) mass is 245 g/mol. The molecule has 5 nitrogen and oxygen atoms in total. The number of likely N-dealkylation sites (N-methyl/N-ethyl adjacent to an activating group) is 1. The molecule has 0 spiro atoms. The molecule has 0 bridgehead atoms. The number of carbonyl (C=O) groups is 1. The summed E-state index contributed by atoms with van der Waals surface area (Å²) >= 11 is 0. The highest BCUT2D eigenvalue weighted by molar-refractivity contribution is 5.80. The van der Waals surface area contributed by atoms with E-state index < -0.39 is 0 Å². The van der Waals surface area contributed by atoms with Crippen molar-refractivity contribution in [1.29, 1.82) is 0 Å². The van der Waals surface area contributed by atoms with Gasteiger partial charge in [0.25, 0.3) is 5.56 Å². The van der Waals surface area contributed by atoms with Gasteiger partial charge in [0.1, 0.15) is 12.2 Å². The van der Waals surface area contributed by atoms with Gasteiger partial charge in [0.15, 0.2) is 0 Å². The largest absolute Gasteiger partial charge is 0.355 e. The molecule has 1 amide bonds. The van der Waals surface area contributed by atoms with Crippen molar-refractivity contribution in [3.63, 3.8) is 0 Å². The van der Waals surface area contributed by atoms with Crippen molar-refractivity contribution in [3.8, 4) is 0 Å². The zero-order chi connectivity index (χ0) is 13.1. The Bertz CT molecular complexity index is 646. The lowest BCUT2D eigenvalue weighted by molar-refractivity contribution is -0.121. The highest BCUT2D eigenvalue weighted by Crippen LogP contribution is 2.09. The first-order chi connectivity index (χ1) is 8.63. The Hall–Kier alpha value is -2.17. The Balaban J connectivity index is 2.57. The van der Waals surface area contributed by atoms with E-state index in [-0.39, 0.29) is 18.0 Å². The fourth-order valence-electron chi connectivity index (χ4n) is 1.87. The summed E-state index contributed by atoms with van der Waals surface area (Å²) in [6, 6.07) is 7.31. The van der Waals surface area contributed by atoms with E-state index >= 15 is 0 Å². The topological polar surface area (TPSA) is 64.0 Å². The maximum atomic E-state index is 12.0. The SMILES string of the molecule is CCNC(=O)Cn1c(=O)c(C)nc2ccccc21. The molecule has 0 fully saturated rings. The molecule has 5 heteroatoms. The van der Waals surface area contributed by atoms with Gasteiger partial charge in [-0.1, -0.05) is 12.1 Å². The van der Waals surface area contributed by atoms with Crippen LogP contribution in [-0.4, -0.2) is 22.0 Å². The Morgan fingerprint density at radius 1 is 1.39 bits per heavy atom. The van der Waals surface area contributed by atoms with Crippen LogP contribution in [0.25, 0.3) is 11.0 Å². The van der Waals surface area contributed by atoms with Crippen LogP contribution in [-0.2, 0) is 11.3 Å². The average molecular weight is 245 g/mol. The molecular weight excluding hydrogens is 230 g/mol. The molecular formula is C13H15N3O2. The zero-order valence-corrected chi connectivity index (χ0v) is 10.4. The Labute approximate surface area is 104 Å². The van der Waals surface area contributed by atoms with E-state index in [9.17, 15) is 9.59 Å². The third-order valence-corrected chi connectivity index (χ3v) is 2.69. The number of fused-ring (bicyclic) bond motifs is 1. The smallest absolute Gasteiger partial charge is 0.272 e. The van der Waals surface area contributed by atoms with Gasteiger partial charge in [0.05, 0.1) is 11.0 Å². The minimum absolute atomic E-state index is 0.0244. The Morgan fingerprint density at radius 3 is 2.83 bits per heavy atom. The summed E-state index contributed by atoms with van der Waals surface area (Å²) in [6.07, 6.45) is 0. The Morgan fingerprint density at radius 2 is 2.11 bits per heavy atom. The molecule has 0 radical (unpaired) electrons. The lowest BCUT2D eigenvalue weighted by atomic mass is 10.2. The van der Waals surface area contributed by atoms with Gasteiger partial charge in [-0.2, -0.15) is 0 Å². The maximum absolute atomic E-state index is 12.0. The van der Waals surface area contributed by atoms with Crippen molar-refractivity contribution in [1.82, 2.24) is 14.9 Å². The van der Waals surface area contributed by atoms with Gasteiger partial charge in [-0.05, 0) is 26.0 Å². The van der Waals surface area contributed by atoms with E-state index in [2.05, 4.69) is 10.3 Å². The second-order valence-electron chi connectivity index (χ2n) is 4.03. The fraction of sp³-hybridized carbons (Fsp3) is 0.308. The summed E-state index contributed by atoms with van der Waals surface area (Å²) < 4.78 is 1.46. The lowest BCUT2D eigenvalue weighted by Gasteiger charge is -2.10. The van der Waals surface area contributed by atoms with Gasteiger partial charge in [-0.15, -0.1) is 0 Å². The third kappa shape index (κ3) is 2.25. The number of rotatable bonds is 3. The zero-order valence-electron chi connectivity index (χ0n) is 10.4. The van der Waals surface area contributed by atoms with E-state index in [1.165, 1.54) is 4.57 Å². The number of aromatic nitrogens is 2. The van der Waals surface area contributed by atoms with Crippen LogP contribution in [0.5, 0.6) is 0 Å². The van der Waals surface area contributed by atoms with E-state index in [0.717, 1.165) is 5.52 Å². The second-order valence-corrected chi connectivity index (χ2v) is 4.03. The number of para-hydroxylation sites is 2. The maximum Gasteiger partial charge on any atom is 0.272 e. The van der Waals surface area contributed by atoms with Gasteiger partial charge >= 0.3 is 0 Å². The number of benzene rings is 1. The summed E-state index contributed by atoms with van der Waals surface area (Å²) in [6.45, 7) is 4.08. The van der Waals surface area contributed by atoms with E-state index in [0.29, 0.717) is 17.8 Å². The molecule has 0 aliphatic heterocycles. The van der Waals surface area contributed by atoms with Gasteiger partial charge in [-0.25, -0.2) is 4.98 Å². The quantitative estimate of drug-likeness (QED) is 0.871. The number of nitrogens with zero attached hydrogens (tertiary/aromatic N) is 2. The summed E-state index contributed by atoms with van der Waals surface area (Å²) in [5, 5.41) is 2.69. The lowest BCUT2D eigenvalue weighted by Crippen LogP contribution is -2.33. The molecule has 0 saturated heterocycles. The number of hydrogen-bond donors (Lipinski definition) is 1. The fourth-order valence-corrected chi connectivity index (χ4v) is 1.87. The number of amides is 1. The van der Waals surface area contributed by atoms with Crippen LogP contribution in [0.2, 0.25) is 0 Å². The van der Waals surface area contributed by atoms with Crippen LogP contribution < -0.4 is 10.9 Å². The summed E-state index contributed by atoms with van der Waals surface area (Å²) in [5.41, 5.74) is 1.58. The third-order valence-electron chi connectivity index (χ3n) is 2.69. The normalized spacial score (nSPS) is 10.6. The number of nitrogens with one attached hydrogen (secondary N) is 1. The second kappa shape index (κ2) is 5.00. The van der Waals surface area contributed by atoms with Crippen LogP contribution in [0.15, 0.2) is 29.1 Å². The van der Waals surface area contributed by atoms with Crippen LogP contribution in [0.1, 0.15) is 12.6 Å². The van der Waals surface area contributed by atoms with Gasteiger partial charge < -0.3 is 5.32 Å². The minimum atomic E-state index is -0.222. The molecule has 2 rings (SSSR count). The molecule has 0 aliphatic carbocycles. The van der Waals surface area contributed by atoms with Gasteiger partial charge in [-0.3, -0.25) is 14.2 Å². The highest BCUT2D eigenvalue weighted by atomic mass is 16.2. The van der Waals surface area contributed by atoms with Crippen LogP contribution in [0.4, 0.5) is 0 Å². The molecule has 2 aromatic rings. The molecule has 94 valence electrons. The first kappa shape index (κ1) is 12.3. The first-order valence-electron chi connectivity index (χ1n) is 5.86. The van der Waals surface area contributed by atoms with Crippen LogP contribution in [0.3, 0.4) is 0 Å². The van der Waals surface area contributed by atoms with Crippen molar-refractivity contribution >= 4 is 16.9 Å². The summed E-state index contributed by atoms with van der Waals surface area (Å²) in [5.74, 6) is -0.171. The van der Waals surface area contributed by atoms with Crippen molar-refractivity contribution in [2.24, 2.45) is 0 Å². The number of aryl methyl sites for hydroxylation is 1. The molecule has 1 aromatic heterocycles. The van der Waals surface area contributed by atoms with Crippen molar-refractivity contribution < 1.29 is 4.79 Å². The summed E-state index contributed by atoms with van der Waals surface area (Å²) in [7, 11) is 0. The van der Waals surface area contributed by atoms with E-state index in [1.54, 1.807) is 13.0 Å². The molecule has 1 heterocycles. The van der Waals surface area contributed by atoms with Crippen LogP contribution >= 0.6 is 0 Å². The molecule has 1 N–H and O–H groups in total. The predicted molar refractivity (Wildman–Crippen MR) is 69.4 cm³/mol. The first-order valence-corrected chi connectivity index (χ1v) is 5.86. The number of carbonyl (C=O) groups excluding carboxylic acids is 1. The van der Waals surface area contributed by atoms with Crippen molar-refractivity contribution in [2.75, 3.05) is 6.54 Å².